The maximum atomic E-state index is 14.5. The van der Waals surface area contributed by atoms with E-state index >= 15 is 0 Å². The topological polar surface area (TPSA) is 274 Å². The van der Waals surface area contributed by atoms with E-state index in [4.69, 9.17) is 20.7 Å². The summed E-state index contributed by atoms with van der Waals surface area (Å²) in [6, 6.07) is 10.7. The molecule has 3 aromatic rings. The lowest BCUT2D eigenvalue weighted by Crippen LogP contribution is -2.60. The quantitative estimate of drug-likeness (QED) is 0.0549. The molecule has 0 radical (unpaired) electrons. The van der Waals surface area contributed by atoms with Gasteiger partial charge in [-0.2, -0.15) is 0 Å². The zero-order valence-corrected chi connectivity index (χ0v) is 36.1. The van der Waals surface area contributed by atoms with Crippen LogP contribution in [0.5, 0.6) is 11.5 Å². The molecule has 1 aromatic heterocycles. The smallest absolute Gasteiger partial charge is 0.455 e. The standard InChI is InChI=1S/C43H62N5O11P/c1-7-24(4)36(44)43(54)47-22-31-33(58-32-19-13-17-27-14-11-12-18-30(27)32)20-29(21-46-31)39(50)34(23(2)3)41(52)42(53)37(45)35(28-15-9-8-10-16-28)40(51)38(48-26(6)49)25(5)59-60(55,56)57/h11-14,17-21,23-25,28,34-38,41-42,52-53H,7-10,15-16,22,44-45H2,1-6H3,(H,47,54)(H,48,49)(H2,55,56,57)/t24-,25-,34?,35?,36-,37?,38+,41?,42?/m1/s1. The Kier molecular flexibility index (Phi) is 17.5. The molecule has 1 fully saturated rings. The number of carbonyl (C=O) groups excluding carboxylic acids is 4. The summed E-state index contributed by atoms with van der Waals surface area (Å²) in [4.78, 5) is 77.6. The molecule has 10 N–H and O–H groups in total. The zero-order chi connectivity index (χ0) is 44.5. The summed E-state index contributed by atoms with van der Waals surface area (Å²) in [7, 11) is -5.10. The van der Waals surface area contributed by atoms with E-state index < -0.39 is 85.4 Å². The number of nitrogens with two attached hydrogens (primary N) is 2. The fourth-order valence-electron chi connectivity index (χ4n) is 8.08. The average molecular weight is 856 g/mol. The van der Waals surface area contributed by atoms with E-state index in [0.29, 0.717) is 30.7 Å². The van der Waals surface area contributed by atoms with E-state index in [1.54, 1.807) is 19.9 Å². The van der Waals surface area contributed by atoms with Crippen LogP contribution >= 0.6 is 7.82 Å². The van der Waals surface area contributed by atoms with Crippen LogP contribution in [-0.4, -0.2) is 84.8 Å². The van der Waals surface area contributed by atoms with E-state index in [1.807, 2.05) is 50.2 Å². The Morgan fingerprint density at radius 1 is 0.933 bits per heavy atom. The van der Waals surface area contributed by atoms with E-state index in [9.17, 15) is 43.7 Å². The maximum Gasteiger partial charge on any atom is 0.469 e. The number of phosphoric ester groups is 1. The largest absolute Gasteiger partial charge is 0.469 e. The number of carbonyl (C=O) groups is 4. The van der Waals surface area contributed by atoms with Crippen molar-refractivity contribution in [1.82, 2.24) is 15.6 Å². The number of nitrogens with one attached hydrogen (secondary N) is 2. The third-order valence-electron chi connectivity index (χ3n) is 11.6. The fraction of sp³-hybridized carbons (Fsp3) is 0.558. The van der Waals surface area contributed by atoms with Crippen molar-refractivity contribution in [2.75, 3.05) is 0 Å². The molecule has 0 saturated heterocycles. The van der Waals surface area contributed by atoms with Crippen LogP contribution < -0.4 is 26.8 Å². The molecule has 1 saturated carbocycles. The van der Waals surface area contributed by atoms with Gasteiger partial charge in [-0.15, -0.1) is 0 Å². The van der Waals surface area contributed by atoms with Crippen molar-refractivity contribution in [3.8, 4) is 11.5 Å². The predicted octanol–water partition coefficient (Wildman–Crippen LogP) is 4.29. The van der Waals surface area contributed by atoms with Gasteiger partial charge in [-0.3, -0.25) is 28.7 Å². The van der Waals surface area contributed by atoms with Crippen molar-refractivity contribution in [2.45, 2.75) is 123 Å². The van der Waals surface area contributed by atoms with E-state index in [2.05, 4.69) is 15.6 Å². The summed E-state index contributed by atoms with van der Waals surface area (Å²) < 4.78 is 23.0. The van der Waals surface area contributed by atoms with Crippen LogP contribution in [0.2, 0.25) is 0 Å². The minimum atomic E-state index is -5.10. The van der Waals surface area contributed by atoms with Gasteiger partial charge < -0.3 is 46.8 Å². The molecule has 0 spiro atoms. The molecule has 9 atom stereocenters. The molecule has 16 nitrogen and oxygen atoms in total. The number of ketones is 2. The van der Waals surface area contributed by atoms with E-state index in [0.717, 1.165) is 37.0 Å². The van der Waals surface area contributed by atoms with Crippen molar-refractivity contribution >= 4 is 42.0 Å². The number of hydrogen-bond acceptors (Lipinski definition) is 12. The SMILES string of the molecule is CC[C@@H](C)[C@@H](N)C(=O)NCc1ncc(C(=O)C(C(C)C)C(O)C(O)C(N)C(C(=O)[C@@H](NC(C)=O)[C@@H](C)OP(=O)(O)O)C2CCCCC2)cc1Oc1cccc2ccccc12. The van der Waals surface area contributed by atoms with Crippen LogP contribution in [0.25, 0.3) is 10.8 Å². The number of Topliss-reactive ketones (excluding diaryl/α,β-unsaturated/α-hetero) is 2. The molecular formula is C43H62N5O11P. The molecule has 1 heterocycles. The summed E-state index contributed by atoms with van der Waals surface area (Å²) in [5.74, 6) is -5.32. The van der Waals surface area contributed by atoms with Gasteiger partial charge in [0.25, 0.3) is 0 Å². The Morgan fingerprint density at radius 3 is 2.20 bits per heavy atom. The van der Waals surface area contributed by atoms with Gasteiger partial charge in [-0.25, -0.2) is 4.57 Å². The second-order valence-electron chi connectivity index (χ2n) is 16.4. The highest BCUT2D eigenvalue weighted by Gasteiger charge is 2.47. The number of amides is 2. The summed E-state index contributed by atoms with van der Waals surface area (Å²) in [5.41, 5.74) is 13.2. The predicted molar refractivity (Wildman–Crippen MR) is 225 cm³/mol. The minimum Gasteiger partial charge on any atom is -0.455 e. The number of fused-ring (bicyclic) bond motifs is 1. The first-order chi connectivity index (χ1) is 28.2. The van der Waals surface area contributed by atoms with Crippen LogP contribution in [0.4, 0.5) is 0 Å². The number of rotatable bonds is 21. The third-order valence-corrected chi connectivity index (χ3v) is 12.3. The summed E-state index contributed by atoms with van der Waals surface area (Å²) in [6.07, 6.45) is 0.295. The molecule has 0 aliphatic heterocycles. The number of aromatic nitrogens is 1. The van der Waals surface area contributed by atoms with Gasteiger partial charge in [0.2, 0.25) is 11.8 Å². The van der Waals surface area contributed by atoms with Gasteiger partial charge in [-0.05, 0) is 55.0 Å². The van der Waals surface area contributed by atoms with Crippen LogP contribution in [-0.2, 0) is 30.0 Å². The van der Waals surface area contributed by atoms with Gasteiger partial charge >= 0.3 is 7.82 Å². The number of benzene rings is 2. The maximum absolute atomic E-state index is 14.5. The molecule has 0 bridgehead atoms. The number of hydrogen-bond donors (Lipinski definition) is 8. The molecule has 1 aliphatic carbocycles. The molecule has 2 aromatic carbocycles. The zero-order valence-electron chi connectivity index (χ0n) is 35.2. The molecule has 5 unspecified atom stereocenters. The molecule has 17 heteroatoms. The van der Waals surface area contributed by atoms with Crippen LogP contribution in [0.3, 0.4) is 0 Å². The average Bonchev–Trinajstić information content (AvgIpc) is 3.20. The van der Waals surface area contributed by atoms with Crippen molar-refractivity contribution in [1.29, 1.82) is 0 Å². The van der Waals surface area contributed by atoms with Crippen molar-refractivity contribution < 1.29 is 53.0 Å². The first kappa shape index (κ1) is 48.5. The lowest BCUT2D eigenvalue weighted by atomic mass is 9.70. The molecular weight excluding hydrogens is 793 g/mol. The number of aliphatic hydroxyl groups is 2. The first-order valence-corrected chi connectivity index (χ1v) is 22.2. The lowest BCUT2D eigenvalue weighted by molar-refractivity contribution is -0.136. The van der Waals surface area contributed by atoms with Crippen molar-refractivity contribution in [2.24, 2.45) is 41.1 Å². The first-order valence-electron chi connectivity index (χ1n) is 20.6. The Hall–Kier alpha value is -4.12. The minimum absolute atomic E-state index is 0.0316. The second-order valence-corrected chi connectivity index (χ2v) is 17.6. The highest BCUT2D eigenvalue weighted by molar-refractivity contribution is 7.46. The highest BCUT2D eigenvalue weighted by Crippen LogP contribution is 2.40. The van der Waals surface area contributed by atoms with Crippen molar-refractivity contribution in [3.05, 3.63) is 66.0 Å². The summed E-state index contributed by atoms with van der Waals surface area (Å²) in [5, 5.41) is 30.7. The fourth-order valence-corrected chi connectivity index (χ4v) is 8.64. The number of aliphatic hydroxyl groups excluding tert-OH is 2. The third kappa shape index (κ3) is 12.5. The number of pyridine rings is 1. The van der Waals surface area contributed by atoms with Crippen LogP contribution in [0, 0.1) is 29.6 Å². The van der Waals surface area contributed by atoms with Crippen LogP contribution in [0.15, 0.2) is 54.7 Å². The van der Waals surface area contributed by atoms with Crippen LogP contribution in [0.1, 0.15) is 96.1 Å². The number of ether oxygens (including phenoxy) is 1. The van der Waals surface area contributed by atoms with E-state index in [1.165, 1.54) is 19.2 Å². The Labute approximate surface area is 351 Å². The van der Waals surface area contributed by atoms with Crippen molar-refractivity contribution in [3.63, 3.8) is 0 Å². The summed E-state index contributed by atoms with van der Waals surface area (Å²) >= 11 is 0. The van der Waals surface area contributed by atoms with Gasteiger partial charge in [0.1, 0.15) is 17.5 Å². The normalized spacial score (nSPS) is 18.4. The number of nitrogens with zero attached hydrogens (tertiary/aromatic N) is 1. The van der Waals surface area contributed by atoms with E-state index in [-0.39, 0.29) is 29.7 Å². The highest BCUT2D eigenvalue weighted by atomic mass is 31.2. The Morgan fingerprint density at radius 2 is 1.58 bits per heavy atom. The molecule has 330 valence electrons. The molecule has 4 rings (SSSR count). The molecule has 1 aliphatic rings. The van der Waals surface area contributed by atoms with Gasteiger partial charge in [0.15, 0.2) is 17.3 Å². The molecule has 60 heavy (non-hydrogen) atoms. The Balaban J connectivity index is 1.70. The van der Waals surface area contributed by atoms with Gasteiger partial charge in [-0.1, -0.05) is 89.8 Å². The van der Waals surface area contributed by atoms with Gasteiger partial charge in [0.05, 0.1) is 36.8 Å². The number of phosphoric acid groups is 1. The second kappa shape index (κ2) is 21.6. The monoisotopic (exact) mass is 855 g/mol. The summed E-state index contributed by atoms with van der Waals surface area (Å²) in [6.45, 7) is 9.48. The van der Waals surface area contributed by atoms with Gasteiger partial charge in [0, 0.05) is 36.0 Å². The Bertz CT molecular complexity index is 2000. The lowest BCUT2D eigenvalue weighted by Gasteiger charge is -2.40. The molecule has 2 amide bonds.